The van der Waals surface area contributed by atoms with Gasteiger partial charge in [-0.15, -0.1) is 0 Å². The van der Waals surface area contributed by atoms with Gasteiger partial charge in [0.05, 0.1) is 50.5 Å². The van der Waals surface area contributed by atoms with Crippen molar-refractivity contribution in [3.63, 3.8) is 0 Å². The van der Waals surface area contributed by atoms with Crippen LogP contribution in [0.15, 0.2) is 54.6 Å². The maximum atomic E-state index is 13.6. The van der Waals surface area contributed by atoms with Crippen LogP contribution in [0.3, 0.4) is 0 Å². The summed E-state index contributed by atoms with van der Waals surface area (Å²) in [5.74, 6) is -0.557. The van der Waals surface area contributed by atoms with E-state index >= 15 is 0 Å². The number of carbonyl (C=O) groups excluding carboxylic acids is 2. The third-order valence-corrected chi connectivity index (χ3v) is 6.41. The highest BCUT2D eigenvalue weighted by Gasteiger charge is 2.40. The van der Waals surface area contributed by atoms with Gasteiger partial charge >= 0.3 is 6.03 Å². The predicted molar refractivity (Wildman–Crippen MR) is 128 cm³/mol. The topological polar surface area (TPSA) is 100 Å². The summed E-state index contributed by atoms with van der Waals surface area (Å²) in [5, 5.41) is 16.0. The van der Waals surface area contributed by atoms with Crippen LogP contribution in [0.4, 0.5) is 14.9 Å². The van der Waals surface area contributed by atoms with Gasteiger partial charge in [-0.2, -0.15) is 0 Å². The maximum absolute atomic E-state index is 13.6. The fourth-order valence-electron chi connectivity index (χ4n) is 4.67. The van der Waals surface area contributed by atoms with E-state index in [1.807, 2.05) is 37.3 Å². The summed E-state index contributed by atoms with van der Waals surface area (Å²) in [6.45, 7) is 2.26. The van der Waals surface area contributed by atoms with Crippen molar-refractivity contribution < 1.29 is 28.6 Å². The number of anilines is 1. The number of halogens is 1. The number of aliphatic hydroxyl groups excluding tert-OH is 1. The molecule has 0 saturated carbocycles. The SMILES string of the molecule is C[C@@H](NC(=O)C[C@H]1CC[C@@H]2[C@H](COC[C@H](O)CN2C(=O)Nc2cccc(F)c2)O1)c1ccccc1. The summed E-state index contributed by atoms with van der Waals surface area (Å²) in [7, 11) is 0. The van der Waals surface area contributed by atoms with Crippen LogP contribution in [0.1, 0.15) is 37.8 Å². The molecule has 0 spiro atoms. The Kier molecular flexibility index (Phi) is 8.33. The number of hydrogen-bond acceptors (Lipinski definition) is 5. The van der Waals surface area contributed by atoms with Gasteiger partial charge in [0.2, 0.25) is 5.91 Å². The molecule has 0 aromatic heterocycles. The summed E-state index contributed by atoms with van der Waals surface area (Å²) in [6.07, 6.45) is -0.229. The lowest BCUT2D eigenvalue weighted by atomic mass is 9.94. The number of amides is 3. The van der Waals surface area contributed by atoms with E-state index in [1.165, 1.54) is 23.1 Å². The fraction of sp³-hybridized carbons (Fsp3) is 0.462. The minimum Gasteiger partial charge on any atom is -0.389 e. The molecule has 0 aliphatic carbocycles. The molecule has 5 atom stereocenters. The van der Waals surface area contributed by atoms with Crippen LogP contribution in [-0.2, 0) is 14.3 Å². The molecule has 3 N–H and O–H groups in total. The zero-order valence-corrected chi connectivity index (χ0v) is 19.7. The van der Waals surface area contributed by atoms with Gasteiger partial charge in [0, 0.05) is 5.69 Å². The van der Waals surface area contributed by atoms with Crippen LogP contribution < -0.4 is 10.6 Å². The molecule has 3 amide bonds. The lowest BCUT2D eigenvalue weighted by molar-refractivity contribution is -0.150. The van der Waals surface area contributed by atoms with Crippen molar-refractivity contribution in [1.82, 2.24) is 10.2 Å². The number of β-amino-alcohol motifs (C(OH)–C–C–N with tert-alkyl or cyclic N) is 1. The van der Waals surface area contributed by atoms with Crippen molar-refractivity contribution in [2.75, 3.05) is 25.1 Å². The lowest BCUT2D eigenvalue weighted by Gasteiger charge is -2.44. The molecular formula is C26H32FN3O5. The molecule has 4 rings (SSSR count). The van der Waals surface area contributed by atoms with E-state index in [0.717, 1.165) is 5.56 Å². The quantitative estimate of drug-likeness (QED) is 0.604. The molecule has 0 unspecified atom stereocenters. The molecule has 8 nitrogen and oxygen atoms in total. The van der Waals surface area contributed by atoms with E-state index in [2.05, 4.69) is 10.6 Å². The number of hydrogen-bond donors (Lipinski definition) is 3. The largest absolute Gasteiger partial charge is 0.389 e. The predicted octanol–water partition coefficient (Wildman–Crippen LogP) is 3.23. The van der Waals surface area contributed by atoms with E-state index in [-0.39, 0.29) is 50.3 Å². The van der Waals surface area contributed by atoms with E-state index in [4.69, 9.17) is 9.47 Å². The molecule has 0 bridgehead atoms. The van der Waals surface area contributed by atoms with Gasteiger partial charge in [-0.3, -0.25) is 4.79 Å². The monoisotopic (exact) mass is 485 g/mol. The van der Waals surface area contributed by atoms with Crippen LogP contribution in [0.2, 0.25) is 0 Å². The third-order valence-electron chi connectivity index (χ3n) is 6.41. The Labute approximate surface area is 204 Å². The molecule has 9 heteroatoms. The van der Waals surface area contributed by atoms with Gasteiger partial charge in [0.1, 0.15) is 11.9 Å². The van der Waals surface area contributed by atoms with E-state index in [1.54, 1.807) is 6.07 Å². The number of benzene rings is 2. The average Bonchev–Trinajstić information content (AvgIpc) is 2.82. The number of aliphatic hydroxyl groups is 1. The molecule has 0 radical (unpaired) electrons. The van der Waals surface area contributed by atoms with Crippen molar-refractivity contribution >= 4 is 17.6 Å². The summed E-state index contributed by atoms with van der Waals surface area (Å²) >= 11 is 0. The van der Waals surface area contributed by atoms with E-state index in [0.29, 0.717) is 18.5 Å². The van der Waals surface area contributed by atoms with Crippen LogP contribution in [-0.4, -0.2) is 66.1 Å². The highest BCUT2D eigenvalue weighted by atomic mass is 19.1. The highest BCUT2D eigenvalue weighted by Crippen LogP contribution is 2.28. The van der Waals surface area contributed by atoms with Gasteiger partial charge in [0.25, 0.3) is 0 Å². The Morgan fingerprint density at radius 1 is 1.14 bits per heavy atom. The van der Waals surface area contributed by atoms with Crippen molar-refractivity contribution in [1.29, 1.82) is 0 Å². The number of carbonyl (C=O) groups is 2. The van der Waals surface area contributed by atoms with Crippen LogP contribution >= 0.6 is 0 Å². The molecule has 2 aliphatic heterocycles. The van der Waals surface area contributed by atoms with Gasteiger partial charge in [0.15, 0.2) is 0 Å². The number of ether oxygens (including phenoxy) is 2. The van der Waals surface area contributed by atoms with Gasteiger partial charge in [-0.25, -0.2) is 9.18 Å². The molecule has 35 heavy (non-hydrogen) atoms. The standard InChI is InChI=1S/C26H32FN3O5/c1-17(18-6-3-2-4-7-18)28-25(32)13-22-10-11-23-24(35-22)16-34-15-21(31)14-30(23)26(33)29-20-9-5-8-19(27)12-20/h2-9,12,17,21-24,31H,10-11,13-16H2,1H3,(H,28,32)(H,29,33)/t17-,21-,22-,23-,24+/m1/s1. The van der Waals surface area contributed by atoms with Crippen molar-refractivity contribution in [3.8, 4) is 0 Å². The maximum Gasteiger partial charge on any atom is 0.322 e. The smallest absolute Gasteiger partial charge is 0.322 e. The zero-order chi connectivity index (χ0) is 24.8. The normalized spacial score (nSPS) is 25.5. The van der Waals surface area contributed by atoms with E-state index < -0.39 is 24.1 Å². The van der Waals surface area contributed by atoms with Crippen LogP contribution in [0.25, 0.3) is 0 Å². The Morgan fingerprint density at radius 2 is 1.94 bits per heavy atom. The molecule has 2 saturated heterocycles. The number of nitrogens with zero attached hydrogens (tertiary/aromatic N) is 1. The van der Waals surface area contributed by atoms with Crippen LogP contribution in [0, 0.1) is 5.82 Å². The first kappa shape index (κ1) is 25.1. The third kappa shape index (κ3) is 6.78. The fourth-order valence-corrected chi connectivity index (χ4v) is 4.67. The lowest BCUT2D eigenvalue weighted by Crippen LogP contribution is -2.58. The second-order valence-corrected chi connectivity index (χ2v) is 9.13. The molecule has 2 aromatic rings. The highest BCUT2D eigenvalue weighted by molar-refractivity contribution is 5.89. The summed E-state index contributed by atoms with van der Waals surface area (Å²) in [6, 6.07) is 14.5. The first-order valence-corrected chi connectivity index (χ1v) is 12.0. The Hall–Kier alpha value is -3.01. The first-order valence-electron chi connectivity index (χ1n) is 12.0. The Morgan fingerprint density at radius 3 is 2.71 bits per heavy atom. The second-order valence-electron chi connectivity index (χ2n) is 9.13. The Balaban J connectivity index is 1.38. The number of fused-ring (bicyclic) bond motifs is 1. The summed E-state index contributed by atoms with van der Waals surface area (Å²) in [5.41, 5.74) is 1.36. The molecule has 188 valence electrons. The van der Waals surface area contributed by atoms with Crippen molar-refractivity contribution in [3.05, 3.63) is 66.0 Å². The van der Waals surface area contributed by atoms with Gasteiger partial charge < -0.3 is 30.1 Å². The second kappa shape index (κ2) is 11.6. The molecule has 2 heterocycles. The Bertz CT molecular complexity index is 1010. The zero-order valence-electron chi connectivity index (χ0n) is 19.7. The molecule has 2 fully saturated rings. The first-order chi connectivity index (χ1) is 16.9. The minimum absolute atomic E-state index is 0.0609. The van der Waals surface area contributed by atoms with Crippen molar-refractivity contribution in [2.24, 2.45) is 0 Å². The number of urea groups is 1. The number of rotatable bonds is 5. The minimum atomic E-state index is -0.850. The van der Waals surface area contributed by atoms with Crippen molar-refractivity contribution in [2.45, 2.75) is 56.6 Å². The molecular weight excluding hydrogens is 453 g/mol. The molecule has 2 aliphatic rings. The number of nitrogens with one attached hydrogen (secondary N) is 2. The molecule has 2 aromatic carbocycles. The van der Waals surface area contributed by atoms with Gasteiger partial charge in [-0.1, -0.05) is 36.4 Å². The van der Waals surface area contributed by atoms with Crippen LogP contribution in [0.5, 0.6) is 0 Å². The summed E-state index contributed by atoms with van der Waals surface area (Å²) < 4.78 is 25.4. The van der Waals surface area contributed by atoms with E-state index in [9.17, 15) is 19.1 Å². The van der Waals surface area contributed by atoms with Gasteiger partial charge in [-0.05, 0) is 43.5 Å². The average molecular weight is 486 g/mol. The summed E-state index contributed by atoms with van der Waals surface area (Å²) in [4.78, 5) is 27.3.